The first-order valence-corrected chi connectivity index (χ1v) is 7.16. The van der Waals surface area contributed by atoms with Gasteiger partial charge < -0.3 is 10.2 Å². The highest BCUT2D eigenvalue weighted by Crippen LogP contribution is 2.35. The molecule has 92 valence electrons. The fourth-order valence-electron chi connectivity index (χ4n) is 3.21. The first-order chi connectivity index (χ1) is 7.68. The lowest BCUT2D eigenvalue weighted by Gasteiger charge is -2.32. The Morgan fingerprint density at radius 1 is 1.19 bits per heavy atom. The molecule has 0 radical (unpaired) electrons. The van der Waals surface area contributed by atoms with Gasteiger partial charge in [-0.1, -0.05) is 12.8 Å². The lowest BCUT2D eigenvalue weighted by atomic mass is 9.96. The summed E-state index contributed by atoms with van der Waals surface area (Å²) in [6, 6.07) is 1.19. The van der Waals surface area contributed by atoms with Gasteiger partial charge in [0.1, 0.15) is 0 Å². The van der Waals surface area contributed by atoms with Crippen LogP contribution in [0, 0.1) is 5.92 Å². The van der Waals surface area contributed by atoms with Gasteiger partial charge in [0.25, 0.3) is 0 Å². The van der Waals surface area contributed by atoms with E-state index < -0.39 is 0 Å². The summed E-state index contributed by atoms with van der Waals surface area (Å²) in [4.78, 5) is 2.46. The molecule has 2 rings (SSSR count). The standard InChI is InChI=1S/C13H24N2S/c1-10(2)14-13(16)15-9-5-8-12(15)11-6-3-4-7-11/h10-12H,3-9H2,1-2H3,(H,14,16). The van der Waals surface area contributed by atoms with E-state index in [-0.39, 0.29) is 0 Å². The summed E-state index contributed by atoms with van der Waals surface area (Å²) in [5.74, 6) is 0.911. The molecule has 16 heavy (non-hydrogen) atoms. The fourth-order valence-corrected chi connectivity index (χ4v) is 3.67. The van der Waals surface area contributed by atoms with Crippen molar-refractivity contribution in [2.75, 3.05) is 6.54 Å². The van der Waals surface area contributed by atoms with E-state index in [1.165, 1.54) is 45.1 Å². The zero-order chi connectivity index (χ0) is 11.5. The van der Waals surface area contributed by atoms with E-state index in [1.54, 1.807) is 0 Å². The van der Waals surface area contributed by atoms with E-state index in [0.717, 1.165) is 17.1 Å². The van der Waals surface area contributed by atoms with Gasteiger partial charge in [-0.2, -0.15) is 0 Å². The third-order valence-corrected chi connectivity index (χ3v) is 4.27. The predicted octanol–water partition coefficient (Wildman–Crippen LogP) is 2.92. The van der Waals surface area contributed by atoms with Gasteiger partial charge in [0.05, 0.1) is 0 Å². The Labute approximate surface area is 105 Å². The number of thiocarbonyl (C=S) groups is 1. The van der Waals surface area contributed by atoms with Crippen LogP contribution in [-0.2, 0) is 0 Å². The molecule has 2 aliphatic rings. The number of rotatable bonds is 2. The van der Waals surface area contributed by atoms with Crippen LogP contribution >= 0.6 is 12.2 Å². The maximum atomic E-state index is 5.52. The average molecular weight is 240 g/mol. The third kappa shape index (κ3) is 2.68. The molecule has 0 spiro atoms. The van der Waals surface area contributed by atoms with Gasteiger partial charge in [-0.3, -0.25) is 0 Å². The molecule has 1 saturated heterocycles. The van der Waals surface area contributed by atoms with Gasteiger partial charge in [-0.15, -0.1) is 0 Å². The Hall–Kier alpha value is -0.310. The molecule has 1 saturated carbocycles. The number of nitrogens with one attached hydrogen (secondary N) is 1. The lowest BCUT2D eigenvalue weighted by molar-refractivity contribution is 0.277. The van der Waals surface area contributed by atoms with Crippen LogP contribution in [0.1, 0.15) is 52.4 Å². The lowest BCUT2D eigenvalue weighted by Crippen LogP contribution is -2.47. The minimum absolute atomic E-state index is 0.456. The number of likely N-dealkylation sites (tertiary alicyclic amines) is 1. The fraction of sp³-hybridized carbons (Fsp3) is 0.923. The topological polar surface area (TPSA) is 15.3 Å². The molecule has 1 aliphatic heterocycles. The zero-order valence-electron chi connectivity index (χ0n) is 10.5. The van der Waals surface area contributed by atoms with Crippen molar-refractivity contribution in [3.8, 4) is 0 Å². The van der Waals surface area contributed by atoms with Crippen molar-refractivity contribution in [3.05, 3.63) is 0 Å². The maximum Gasteiger partial charge on any atom is 0.169 e. The van der Waals surface area contributed by atoms with Crippen molar-refractivity contribution in [2.24, 2.45) is 5.92 Å². The van der Waals surface area contributed by atoms with E-state index in [9.17, 15) is 0 Å². The van der Waals surface area contributed by atoms with Crippen molar-refractivity contribution < 1.29 is 0 Å². The van der Waals surface area contributed by atoms with Gasteiger partial charge in [-0.05, 0) is 57.7 Å². The highest BCUT2D eigenvalue weighted by molar-refractivity contribution is 7.80. The molecule has 2 nitrogen and oxygen atoms in total. The number of hydrogen-bond acceptors (Lipinski definition) is 1. The van der Waals surface area contributed by atoms with Gasteiger partial charge in [0, 0.05) is 18.6 Å². The second-order valence-electron chi connectivity index (χ2n) is 5.55. The van der Waals surface area contributed by atoms with E-state index in [2.05, 4.69) is 24.1 Å². The van der Waals surface area contributed by atoms with Crippen molar-refractivity contribution in [1.82, 2.24) is 10.2 Å². The van der Waals surface area contributed by atoms with Gasteiger partial charge in [-0.25, -0.2) is 0 Å². The molecule has 1 aliphatic carbocycles. The molecule has 1 atom stereocenters. The minimum Gasteiger partial charge on any atom is -0.360 e. The van der Waals surface area contributed by atoms with Crippen LogP contribution in [-0.4, -0.2) is 28.6 Å². The average Bonchev–Trinajstić information content (AvgIpc) is 2.87. The van der Waals surface area contributed by atoms with Gasteiger partial charge in [0.15, 0.2) is 5.11 Å². The Morgan fingerprint density at radius 3 is 2.50 bits per heavy atom. The predicted molar refractivity (Wildman–Crippen MR) is 72.6 cm³/mol. The SMILES string of the molecule is CC(C)NC(=S)N1CCCC1C1CCCC1. The van der Waals surface area contributed by atoms with Crippen molar-refractivity contribution in [3.63, 3.8) is 0 Å². The van der Waals surface area contributed by atoms with Crippen LogP contribution < -0.4 is 5.32 Å². The minimum atomic E-state index is 0.456. The molecule has 0 aromatic carbocycles. The normalized spacial score (nSPS) is 26.7. The zero-order valence-corrected chi connectivity index (χ0v) is 11.4. The summed E-state index contributed by atoms with van der Waals surface area (Å²) >= 11 is 5.52. The molecule has 0 aromatic rings. The Balaban J connectivity index is 1.94. The second kappa shape index (κ2) is 5.35. The Bertz CT molecular complexity index is 246. The summed E-state index contributed by atoms with van der Waals surface area (Å²) in [5, 5.41) is 4.39. The van der Waals surface area contributed by atoms with Crippen LogP contribution in [0.4, 0.5) is 0 Å². The second-order valence-corrected chi connectivity index (χ2v) is 5.94. The molecule has 0 bridgehead atoms. The molecular weight excluding hydrogens is 216 g/mol. The van der Waals surface area contributed by atoms with Gasteiger partial charge >= 0.3 is 0 Å². The molecule has 0 aromatic heterocycles. The molecule has 3 heteroatoms. The summed E-state index contributed by atoms with van der Waals surface area (Å²) in [7, 11) is 0. The van der Waals surface area contributed by atoms with Crippen LogP contribution in [0.2, 0.25) is 0 Å². The Morgan fingerprint density at radius 2 is 1.88 bits per heavy atom. The number of nitrogens with zero attached hydrogens (tertiary/aromatic N) is 1. The van der Waals surface area contributed by atoms with Crippen molar-refractivity contribution >= 4 is 17.3 Å². The monoisotopic (exact) mass is 240 g/mol. The Kier molecular flexibility index (Phi) is 4.06. The summed E-state index contributed by atoms with van der Waals surface area (Å²) in [6.07, 6.45) is 8.38. The highest BCUT2D eigenvalue weighted by atomic mass is 32.1. The third-order valence-electron chi connectivity index (χ3n) is 3.92. The van der Waals surface area contributed by atoms with Crippen molar-refractivity contribution in [2.45, 2.75) is 64.5 Å². The highest BCUT2D eigenvalue weighted by Gasteiger charge is 2.34. The first kappa shape index (κ1) is 12.2. The molecule has 2 fully saturated rings. The van der Waals surface area contributed by atoms with E-state index >= 15 is 0 Å². The molecule has 1 N–H and O–H groups in total. The summed E-state index contributed by atoms with van der Waals surface area (Å²) in [5.41, 5.74) is 0. The van der Waals surface area contributed by atoms with E-state index in [1.807, 2.05) is 0 Å². The van der Waals surface area contributed by atoms with Crippen LogP contribution in [0.5, 0.6) is 0 Å². The van der Waals surface area contributed by atoms with E-state index in [4.69, 9.17) is 12.2 Å². The molecule has 1 heterocycles. The van der Waals surface area contributed by atoms with Crippen molar-refractivity contribution in [1.29, 1.82) is 0 Å². The maximum absolute atomic E-state index is 5.52. The largest absolute Gasteiger partial charge is 0.360 e. The number of hydrogen-bond donors (Lipinski definition) is 1. The smallest absolute Gasteiger partial charge is 0.169 e. The van der Waals surface area contributed by atoms with Gasteiger partial charge in [0.2, 0.25) is 0 Å². The quantitative estimate of drug-likeness (QED) is 0.747. The summed E-state index contributed by atoms with van der Waals surface area (Å²) < 4.78 is 0. The van der Waals surface area contributed by atoms with Crippen LogP contribution in [0.15, 0.2) is 0 Å². The molecule has 1 unspecified atom stereocenters. The van der Waals surface area contributed by atoms with E-state index in [0.29, 0.717) is 6.04 Å². The van der Waals surface area contributed by atoms with Crippen LogP contribution in [0.25, 0.3) is 0 Å². The molecular formula is C13H24N2S. The molecule has 0 amide bonds. The van der Waals surface area contributed by atoms with Crippen LogP contribution in [0.3, 0.4) is 0 Å². The first-order valence-electron chi connectivity index (χ1n) is 6.75. The summed E-state index contributed by atoms with van der Waals surface area (Å²) in [6.45, 7) is 5.49.